The van der Waals surface area contributed by atoms with Crippen molar-refractivity contribution in [1.82, 2.24) is 58.6 Å². The number of aryl methyl sites for hydroxylation is 2. The molecule has 2 aromatic carbocycles. The van der Waals surface area contributed by atoms with Gasteiger partial charge in [0.05, 0.1) is 64.6 Å². The van der Waals surface area contributed by atoms with Crippen molar-refractivity contribution in [3.63, 3.8) is 0 Å². The highest BCUT2D eigenvalue weighted by Crippen LogP contribution is 2.36. The molecular weight excluding hydrogens is 893 g/mol. The molecule has 70 heavy (non-hydrogen) atoms. The minimum Gasteiger partial charge on any atom is -0.479 e. The fraction of sp³-hybridized carbons (Fsp3) is 0.320. The summed E-state index contributed by atoms with van der Waals surface area (Å²) in [5.41, 5.74) is 8.28. The second-order valence-corrected chi connectivity index (χ2v) is 17.3. The molecule has 6 aromatic heterocycles. The van der Waals surface area contributed by atoms with E-state index in [1.807, 2.05) is 127 Å². The first kappa shape index (κ1) is 44.4. The van der Waals surface area contributed by atoms with Crippen LogP contribution >= 0.6 is 0 Å². The van der Waals surface area contributed by atoms with Crippen molar-refractivity contribution in [1.29, 1.82) is 0 Å². The number of benzene rings is 2. The molecule has 10 heterocycles. The van der Waals surface area contributed by atoms with Crippen LogP contribution in [0.5, 0.6) is 11.8 Å². The largest absolute Gasteiger partial charge is 0.479 e. The van der Waals surface area contributed by atoms with Gasteiger partial charge in [-0.2, -0.15) is 0 Å². The van der Waals surface area contributed by atoms with Crippen molar-refractivity contribution in [2.45, 2.75) is 64.8 Å². The molecule has 356 valence electrons. The van der Waals surface area contributed by atoms with Crippen molar-refractivity contribution in [3.8, 4) is 46.2 Å². The van der Waals surface area contributed by atoms with Gasteiger partial charge in [0.2, 0.25) is 23.6 Å². The number of ether oxygens (including phenoxy) is 4. The quantitative estimate of drug-likeness (QED) is 0.151. The summed E-state index contributed by atoms with van der Waals surface area (Å²) < 4.78 is 30.9. The minimum atomic E-state index is -0.377. The van der Waals surface area contributed by atoms with Crippen LogP contribution in [0.25, 0.3) is 34.4 Å². The Hall–Kier alpha value is -8.10. The van der Waals surface area contributed by atoms with Gasteiger partial charge in [-0.05, 0) is 86.3 Å². The van der Waals surface area contributed by atoms with E-state index in [1.54, 1.807) is 26.9 Å². The van der Waals surface area contributed by atoms with Crippen LogP contribution in [0.4, 0.5) is 11.4 Å². The van der Waals surface area contributed by atoms with Gasteiger partial charge in [-0.1, -0.05) is 24.3 Å². The third kappa shape index (κ3) is 8.55. The van der Waals surface area contributed by atoms with E-state index in [4.69, 9.17) is 39.1 Å². The Bertz CT molecular complexity index is 3030. The number of aromatic nitrogens is 12. The number of imidazole rings is 2. The number of anilines is 2. The molecule has 20 heteroatoms. The Morgan fingerprint density at radius 1 is 0.571 bits per heavy atom. The van der Waals surface area contributed by atoms with Crippen molar-refractivity contribution in [2.75, 3.05) is 50.3 Å². The molecule has 12 rings (SSSR count). The summed E-state index contributed by atoms with van der Waals surface area (Å²) in [5, 5.41) is 9.43. The number of hydrogen-bond donors (Lipinski definition) is 0. The van der Waals surface area contributed by atoms with Gasteiger partial charge in [0.25, 0.3) is 0 Å². The first-order valence-electron chi connectivity index (χ1n) is 23.3. The molecule has 0 bridgehead atoms. The Balaban J connectivity index is 0.000000152. The second kappa shape index (κ2) is 18.8. The van der Waals surface area contributed by atoms with E-state index < -0.39 is 0 Å². The molecule has 4 aliphatic rings. The average Bonchev–Trinajstić information content (AvgIpc) is 4.27. The Morgan fingerprint density at radius 2 is 1.03 bits per heavy atom. The van der Waals surface area contributed by atoms with E-state index in [9.17, 15) is 9.59 Å². The van der Waals surface area contributed by atoms with Gasteiger partial charge in [-0.15, -0.1) is 10.2 Å². The molecule has 0 spiro atoms. The number of fused-ring (bicyclic) bond motifs is 2. The summed E-state index contributed by atoms with van der Waals surface area (Å²) in [5.74, 6) is 3.68. The molecular formula is C50H50N14O6. The topological polar surface area (TPSA) is 200 Å². The third-order valence-electron chi connectivity index (χ3n) is 12.7. The SMILES string of the molecule is COc1nc(-c2nc3n(n2)CCO[C@@H]3c2cccc(N3CCCC3=O)c2)ccc1-n1cnc(C)c1.COc1nc(-c2nc3n(n2)CCO[C@H]3c2cccc(N3CCCC3=O)c2)ccc1-n1cnc(C)c1. The highest BCUT2D eigenvalue weighted by atomic mass is 16.5. The molecule has 2 amide bonds. The van der Waals surface area contributed by atoms with Gasteiger partial charge < -0.3 is 37.9 Å². The summed E-state index contributed by atoms with van der Waals surface area (Å²) in [7, 11) is 3.18. The van der Waals surface area contributed by atoms with E-state index in [2.05, 4.69) is 19.9 Å². The van der Waals surface area contributed by atoms with Gasteiger partial charge >= 0.3 is 0 Å². The molecule has 0 radical (unpaired) electrons. The fourth-order valence-electron chi connectivity index (χ4n) is 9.26. The fourth-order valence-corrected chi connectivity index (χ4v) is 9.26. The van der Waals surface area contributed by atoms with Crippen molar-refractivity contribution < 1.29 is 28.5 Å². The lowest BCUT2D eigenvalue weighted by molar-refractivity contribution is -0.117. The predicted molar refractivity (Wildman–Crippen MR) is 255 cm³/mol. The van der Waals surface area contributed by atoms with E-state index in [0.29, 0.717) is 85.6 Å². The van der Waals surface area contributed by atoms with Crippen molar-refractivity contribution in [3.05, 3.63) is 132 Å². The van der Waals surface area contributed by atoms with Crippen LogP contribution < -0.4 is 19.3 Å². The molecule has 4 aliphatic heterocycles. The number of rotatable bonds is 10. The zero-order valence-electron chi connectivity index (χ0n) is 39.2. The summed E-state index contributed by atoms with van der Waals surface area (Å²) >= 11 is 0. The van der Waals surface area contributed by atoms with Crippen LogP contribution in [0.2, 0.25) is 0 Å². The summed E-state index contributed by atoms with van der Waals surface area (Å²) in [4.78, 5) is 55.7. The van der Waals surface area contributed by atoms with E-state index in [0.717, 1.165) is 71.2 Å². The first-order valence-corrected chi connectivity index (χ1v) is 23.3. The number of nitrogens with zero attached hydrogens (tertiary/aromatic N) is 14. The number of hydrogen-bond acceptors (Lipinski definition) is 14. The van der Waals surface area contributed by atoms with E-state index in [1.165, 1.54) is 0 Å². The van der Waals surface area contributed by atoms with Gasteiger partial charge in [-0.3, -0.25) is 9.59 Å². The molecule has 0 N–H and O–H groups in total. The third-order valence-corrected chi connectivity index (χ3v) is 12.7. The van der Waals surface area contributed by atoms with Crippen molar-refractivity contribution in [2.24, 2.45) is 0 Å². The molecule has 2 fully saturated rings. The summed E-state index contributed by atoms with van der Waals surface area (Å²) in [6, 6.07) is 23.5. The van der Waals surface area contributed by atoms with Gasteiger partial charge in [0.1, 0.15) is 35.0 Å². The summed E-state index contributed by atoms with van der Waals surface area (Å²) in [6.07, 6.45) is 9.50. The normalized spacial score (nSPS) is 17.6. The van der Waals surface area contributed by atoms with Gasteiger partial charge in [0, 0.05) is 49.7 Å². The summed E-state index contributed by atoms with van der Waals surface area (Å²) in [6.45, 7) is 7.60. The van der Waals surface area contributed by atoms with Crippen LogP contribution in [0.3, 0.4) is 0 Å². The van der Waals surface area contributed by atoms with Gasteiger partial charge in [-0.25, -0.2) is 39.3 Å². The number of methoxy groups -OCH3 is 2. The molecule has 0 saturated carbocycles. The smallest absolute Gasteiger partial charge is 0.238 e. The zero-order chi connectivity index (χ0) is 47.9. The van der Waals surface area contributed by atoms with Crippen LogP contribution in [-0.2, 0) is 32.2 Å². The maximum Gasteiger partial charge on any atom is 0.238 e. The monoisotopic (exact) mass is 942 g/mol. The molecule has 20 nitrogen and oxygen atoms in total. The van der Waals surface area contributed by atoms with Crippen LogP contribution in [0.15, 0.2) is 97.8 Å². The van der Waals surface area contributed by atoms with E-state index >= 15 is 0 Å². The maximum absolute atomic E-state index is 12.2. The average molecular weight is 943 g/mol. The predicted octanol–water partition coefficient (Wildman–Crippen LogP) is 6.18. The standard InChI is InChI=1S/2C25H25N7O3/c2*1-16-14-30(15-26-16)20-9-8-19(27-25(20)34-2)23-28-24-22(35-12-11-32(24)29-23)17-5-3-6-18(13-17)31-10-4-7-21(31)33/h2*3,5-6,8-9,13-15,22H,4,7,10-12H2,1-2H3/t2*22-/m10/s1. The molecule has 2 atom stereocenters. The number of pyridine rings is 2. The van der Waals surface area contributed by atoms with Crippen LogP contribution in [0.1, 0.15) is 72.1 Å². The highest BCUT2D eigenvalue weighted by molar-refractivity contribution is 5.96. The zero-order valence-corrected chi connectivity index (χ0v) is 39.2. The molecule has 0 aliphatic carbocycles. The molecule has 2 saturated heterocycles. The van der Waals surface area contributed by atoms with Crippen molar-refractivity contribution >= 4 is 23.2 Å². The second-order valence-electron chi connectivity index (χ2n) is 17.3. The van der Waals surface area contributed by atoms with Gasteiger partial charge in [0.15, 0.2) is 23.3 Å². The number of carbonyl (C=O) groups is 2. The number of amides is 2. The van der Waals surface area contributed by atoms with Crippen LogP contribution in [-0.4, -0.2) is 111 Å². The Kier molecular flexibility index (Phi) is 11.9. The lowest BCUT2D eigenvalue weighted by atomic mass is 10.1. The lowest BCUT2D eigenvalue weighted by Crippen LogP contribution is -2.25. The maximum atomic E-state index is 12.2. The Morgan fingerprint density at radius 3 is 1.41 bits per heavy atom. The highest BCUT2D eigenvalue weighted by Gasteiger charge is 2.31. The Labute approximate surface area is 402 Å². The molecule has 0 unspecified atom stereocenters. The lowest BCUT2D eigenvalue weighted by Gasteiger charge is -2.24. The first-order chi connectivity index (χ1) is 34.2. The molecule has 8 aromatic rings. The van der Waals surface area contributed by atoms with Crippen LogP contribution in [0, 0.1) is 13.8 Å². The number of carbonyl (C=O) groups excluding carboxylic acids is 2. The van der Waals surface area contributed by atoms with E-state index in [-0.39, 0.29) is 24.0 Å². The minimum absolute atomic E-state index is 0.159.